The minimum Gasteiger partial charge on any atom is -0.330 e. The van der Waals surface area contributed by atoms with E-state index in [4.69, 9.17) is 5.73 Å². The second kappa shape index (κ2) is 4.18. The van der Waals surface area contributed by atoms with Gasteiger partial charge in [0.2, 0.25) is 0 Å². The summed E-state index contributed by atoms with van der Waals surface area (Å²) in [5, 5.41) is 0. The average Bonchev–Trinajstić information content (AvgIpc) is 2.03. The highest BCUT2D eigenvalue weighted by Gasteiger charge is 2.03. The largest absolute Gasteiger partial charge is 0.330 e. The molecule has 1 aromatic heterocycles. The van der Waals surface area contributed by atoms with Gasteiger partial charge in [0.15, 0.2) is 0 Å². The van der Waals surface area contributed by atoms with Crippen molar-refractivity contribution in [2.24, 2.45) is 5.73 Å². The van der Waals surface area contributed by atoms with Gasteiger partial charge < -0.3 is 10.7 Å². The minimum atomic E-state index is -0.0952. The lowest BCUT2D eigenvalue weighted by molar-refractivity contribution is 0.745. The van der Waals surface area contributed by atoms with Crippen LogP contribution in [0.15, 0.2) is 10.9 Å². The van der Waals surface area contributed by atoms with Crippen molar-refractivity contribution in [1.29, 1.82) is 0 Å². The van der Waals surface area contributed by atoms with Crippen LogP contribution in [0.1, 0.15) is 31.3 Å². The molecule has 1 aromatic rings. The van der Waals surface area contributed by atoms with Crippen molar-refractivity contribution < 1.29 is 0 Å². The lowest BCUT2D eigenvalue weighted by Crippen LogP contribution is -2.15. The third-order valence-electron chi connectivity index (χ3n) is 1.76. The molecule has 13 heavy (non-hydrogen) atoms. The number of nitrogens with one attached hydrogen (secondary N) is 1. The van der Waals surface area contributed by atoms with E-state index < -0.39 is 0 Å². The Kier molecular flexibility index (Phi) is 3.19. The summed E-state index contributed by atoms with van der Waals surface area (Å²) < 4.78 is 0. The van der Waals surface area contributed by atoms with Gasteiger partial charge in [0.25, 0.3) is 5.56 Å². The molecule has 4 nitrogen and oxygen atoms in total. The standard InChI is InChI=1S/C9H15N3O/c1-6(2)9-11-7(3-4-10)5-8(13)12-9/h5-6H,3-4,10H2,1-2H3,(H,11,12,13). The Balaban J connectivity index is 3.04. The minimum absolute atomic E-state index is 0.0952. The number of hydrogen-bond donors (Lipinski definition) is 2. The summed E-state index contributed by atoms with van der Waals surface area (Å²) in [6.07, 6.45) is 0.656. The molecule has 0 aliphatic heterocycles. The fourth-order valence-corrected chi connectivity index (χ4v) is 1.08. The summed E-state index contributed by atoms with van der Waals surface area (Å²) in [5.41, 5.74) is 6.06. The monoisotopic (exact) mass is 181 g/mol. The number of rotatable bonds is 3. The molecule has 0 amide bonds. The van der Waals surface area contributed by atoms with Crippen LogP contribution in [0, 0.1) is 0 Å². The Morgan fingerprint density at radius 3 is 2.85 bits per heavy atom. The number of H-pyrrole nitrogens is 1. The van der Waals surface area contributed by atoms with Crippen LogP contribution in [-0.2, 0) is 6.42 Å². The van der Waals surface area contributed by atoms with Crippen LogP contribution in [0.5, 0.6) is 0 Å². The zero-order valence-electron chi connectivity index (χ0n) is 8.00. The molecule has 0 spiro atoms. The van der Waals surface area contributed by atoms with Gasteiger partial charge in [-0.1, -0.05) is 13.8 Å². The van der Waals surface area contributed by atoms with Crippen LogP contribution in [0.4, 0.5) is 0 Å². The van der Waals surface area contributed by atoms with E-state index in [0.29, 0.717) is 13.0 Å². The van der Waals surface area contributed by atoms with Crippen LogP contribution >= 0.6 is 0 Å². The Morgan fingerprint density at radius 1 is 1.62 bits per heavy atom. The maximum Gasteiger partial charge on any atom is 0.251 e. The molecule has 1 rings (SSSR count). The van der Waals surface area contributed by atoms with Gasteiger partial charge in [-0.05, 0) is 6.54 Å². The number of hydrogen-bond acceptors (Lipinski definition) is 3. The van der Waals surface area contributed by atoms with Crippen molar-refractivity contribution in [2.45, 2.75) is 26.2 Å². The maximum absolute atomic E-state index is 11.2. The zero-order chi connectivity index (χ0) is 9.84. The molecule has 3 N–H and O–H groups in total. The van der Waals surface area contributed by atoms with E-state index in [1.54, 1.807) is 0 Å². The number of nitrogens with zero attached hydrogens (tertiary/aromatic N) is 1. The van der Waals surface area contributed by atoms with E-state index in [1.165, 1.54) is 6.07 Å². The normalized spacial score (nSPS) is 10.8. The van der Waals surface area contributed by atoms with E-state index in [9.17, 15) is 4.79 Å². The fraction of sp³-hybridized carbons (Fsp3) is 0.556. The van der Waals surface area contributed by atoms with Crippen LogP contribution in [-0.4, -0.2) is 16.5 Å². The highest BCUT2D eigenvalue weighted by atomic mass is 16.1. The van der Waals surface area contributed by atoms with Crippen LogP contribution in [0.2, 0.25) is 0 Å². The van der Waals surface area contributed by atoms with Gasteiger partial charge in [-0.3, -0.25) is 4.79 Å². The quantitative estimate of drug-likeness (QED) is 0.708. The molecule has 0 bridgehead atoms. The van der Waals surface area contributed by atoms with Crippen LogP contribution in [0.25, 0.3) is 0 Å². The smallest absolute Gasteiger partial charge is 0.251 e. The summed E-state index contributed by atoms with van der Waals surface area (Å²) in [6.45, 7) is 4.50. The molecule has 0 fully saturated rings. The predicted molar refractivity (Wildman–Crippen MR) is 51.7 cm³/mol. The first-order valence-electron chi connectivity index (χ1n) is 4.43. The Bertz CT molecular complexity index is 330. The van der Waals surface area contributed by atoms with Crippen molar-refractivity contribution >= 4 is 0 Å². The zero-order valence-corrected chi connectivity index (χ0v) is 8.00. The second-order valence-electron chi connectivity index (χ2n) is 3.32. The fourth-order valence-electron chi connectivity index (χ4n) is 1.08. The predicted octanol–water partition coefficient (Wildman–Crippen LogP) is 0.395. The average molecular weight is 181 g/mol. The molecular formula is C9H15N3O. The van der Waals surface area contributed by atoms with Gasteiger partial charge in [0.05, 0.1) is 0 Å². The van der Waals surface area contributed by atoms with Gasteiger partial charge in [-0.15, -0.1) is 0 Å². The lowest BCUT2D eigenvalue weighted by Gasteiger charge is -2.05. The molecule has 0 aliphatic rings. The summed E-state index contributed by atoms with van der Waals surface area (Å²) >= 11 is 0. The number of aromatic amines is 1. The van der Waals surface area contributed by atoms with Gasteiger partial charge >= 0.3 is 0 Å². The highest BCUT2D eigenvalue weighted by Crippen LogP contribution is 2.06. The van der Waals surface area contributed by atoms with Crippen LogP contribution in [0.3, 0.4) is 0 Å². The van der Waals surface area contributed by atoms with E-state index >= 15 is 0 Å². The molecule has 0 unspecified atom stereocenters. The molecule has 72 valence electrons. The molecular weight excluding hydrogens is 166 g/mol. The first-order valence-corrected chi connectivity index (χ1v) is 4.43. The van der Waals surface area contributed by atoms with E-state index in [0.717, 1.165) is 11.5 Å². The second-order valence-corrected chi connectivity index (χ2v) is 3.32. The maximum atomic E-state index is 11.2. The van der Waals surface area contributed by atoms with Gasteiger partial charge in [0, 0.05) is 24.1 Å². The third-order valence-corrected chi connectivity index (χ3v) is 1.76. The number of nitrogens with two attached hydrogens (primary N) is 1. The highest BCUT2D eigenvalue weighted by molar-refractivity contribution is 5.05. The summed E-state index contributed by atoms with van der Waals surface area (Å²) in [4.78, 5) is 18.1. The number of aromatic nitrogens is 2. The summed E-state index contributed by atoms with van der Waals surface area (Å²) in [6, 6.07) is 1.50. The first-order chi connectivity index (χ1) is 6.13. The van der Waals surface area contributed by atoms with Crippen molar-refractivity contribution in [3.63, 3.8) is 0 Å². The van der Waals surface area contributed by atoms with Gasteiger partial charge in [-0.2, -0.15) is 0 Å². The summed E-state index contributed by atoms with van der Waals surface area (Å²) in [7, 11) is 0. The lowest BCUT2D eigenvalue weighted by atomic mass is 10.2. The molecule has 0 aliphatic carbocycles. The first kappa shape index (κ1) is 9.92. The van der Waals surface area contributed by atoms with Gasteiger partial charge in [0.1, 0.15) is 5.82 Å². The van der Waals surface area contributed by atoms with Crippen molar-refractivity contribution in [3.05, 3.63) is 27.9 Å². The Hall–Kier alpha value is -1.16. The Labute approximate surface area is 77.2 Å². The molecule has 1 heterocycles. The molecule has 4 heteroatoms. The van der Waals surface area contributed by atoms with Gasteiger partial charge in [-0.25, -0.2) is 4.98 Å². The van der Waals surface area contributed by atoms with E-state index in [2.05, 4.69) is 9.97 Å². The van der Waals surface area contributed by atoms with Crippen molar-refractivity contribution in [2.75, 3.05) is 6.54 Å². The van der Waals surface area contributed by atoms with Crippen LogP contribution < -0.4 is 11.3 Å². The van der Waals surface area contributed by atoms with Crippen molar-refractivity contribution in [3.8, 4) is 0 Å². The topological polar surface area (TPSA) is 71.8 Å². The molecule has 0 radical (unpaired) electrons. The SMILES string of the molecule is CC(C)c1nc(CCN)cc(=O)[nH]1. The molecule has 0 atom stereocenters. The van der Waals surface area contributed by atoms with E-state index in [1.807, 2.05) is 13.8 Å². The molecule has 0 aromatic carbocycles. The molecule has 0 saturated heterocycles. The van der Waals surface area contributed by atoms with E-state index in [-0.39, 0.29) is 11.5 Å². The van der Waals surface area contributed by atoms with Crippen molar-refractivity contribution in [1.82, 2.24) is 9.97 Å². The summed E-state index contributed by atoms with van der Waals surface area (Å²) in [5.74, 6) is 0.973. The molecule has 0 saturated carbocycles. The Morgan fingerprint density at radius 2 is 2.31 bits per heavy atom. The third kappa shape index (κ3) is 2.66.